The molecule has 0 spiro atoms. The van der Waals surface area contributed by atoms with E-state index in [0.717, 1.165) is 19.8 Å². The van der Waals surface area contributed by atoms with Crippen molar-refractivity contribution in [1.82, 2.24) is 5.32 Å². The third kappa shape index (κ3) is 3.12. The number of aryl methyl sites for hydroxylation is 2. The lowest BCUT2D eigenvalue weighted by Crippen LogP contribution is -2.30. The van der Waals surface area contributed by atoms with Gasteiger partial charge in [0.25, 0.3) is 0 Å². The van der Waals surface area contributed by atoms with Crippen LogP contribution in [-0.4, -0.2) is 19.8 Å². The Hall–Kier alpha value is -0.860. The Kier molecular flexibility index (Phi) is 4.79. The molecule has 1 aliphatic heterocycles. The van der Waals surface area contributed by atoms with Gasteiger partial charge in [-0.05, 0) is 44.4 Å². The summed E-state index contributed by atoms with van der Waals surface area (Å²) in [6, 6.07) is 7.24. The van der Waals surface area contributed by atoms with Crippen LogP contribution in [0.4, 0.5) is 0 Å². The van der Waals surface area contributed by atoms with Crippen molar-refractivity contribution in [2.75, 3.05) is 19.8 Å². The Morgan fingerprint density at radius 3 is 2.83 bits per heavy atom. The van der Waals surface area contributed by atoms with E-state index in [9.17, 15) is 0 Å². The van der Waals surface area contributed by atoms with Crippen molar-refractivity contribution in [3.05, 3.63) is 34.9 Å². The van der Waals surface area contributed by atoms with Crippen molar-refractivity contribution in [3.63, 3.8) is 0 Å². The molecule has 1 N–H and O–H groups in total. The Labute approximate surface area is 111 Å². The lowest BCUT2D eigenvalue weighted by Gasteiger charge is -2.26. The molecule has 100 valence electrons. The van der Waals surface area contributed by atoms with Crippen molar-refractivity contribution >= 4 is 0 Å². The van der Waals surface area contributed by atoms with Gasteiger partial charge in [-0.25, -0.2) is 0 Å². The average Bonchev–Trinajstić information content (AvgIpc) is 2.85. The summed E-state index contributed by atoms with van der Waals surface area (Å²) in [5.41, 5.74) is 4.19. The van der Waals surface area contributed by atoms with Gasteiger partial charge in [0, 0.05) is 18.6 Å². The number of hydrogen-bond donors (Lipinski definition) is 1. The van der Waals surface area contributed by atoms with Gasteiger partial charge in [-0.15, -0.1) is 0 Å². The number of benzene rings is 1. The molecule has 1 saturated heterocycles. The highest BCUT2D eigenvalue weighted by Crippen LogP contribution is 2.31. The fourth-order valence-electron chi connectivity index (χ4n) is 2.82. The molecule has 0 amide bonds. The van der Waals surface area contributed by atoms with Crippen molar-refractivity contribution in [2.45, 2.75) is 39.7 Å². The lowest BCUT2D eigenvalue weighted by atomic mass is 9.89. The molecule has 1 fully saturated rings. The predicted octanol–water partition coefficient (Wildman–Crippen LogP) is 3.38. The fraction of sp³-hybridized carbons (Fsp3) is 0.625. The topological polar surface area (TPSA) is 21.3 Å². The highest BCUT2D eigenvalue weighted by molar-refractivity contribution is 5.33. The summed E-state index contributed by atoms with van der Waals surface area (Å²) in [4.78, 5) is 0. The molecule has 2 heteroatoms. The first-order valence-corrected chi connectivity index (χ1v) is 7.10. The number of hydrogen-bond acceptors (Lipinski definition) is 2. The van der Waals surface area contributed by atoms with Crippen LogP contribution >= 0.6 is 0 Å². The summed E-state index contributed by atoms with van der Waals surface area (Å²) in [7, 11) is 0. The van der Waals surface area contributed by atoms with E-state index >= 15 is 0 Å². The Balaban J connectivity index is 2.20. The van der Waals surface area contributed by atoms with E-state index in [1.165, 1.54) is 29.5 Å². The van der Waals surface area contributed by atoms with E-state index in [1.54, 1.807) is 0 Å². The maximum atomic E-state index is 5.56. The first-order valence-electron chi connectivity index (χ1n) is 7.10. The maximum Gasteiger partial charge on any atom is 0.0513 e. The van der Waals surface area contributed by atoms with Gasteiger partial charge in [0.2, 0.25) is 0 Å². The first kappa shape index (κ1) is 13.6. The van der Waals surface area contributed by atoms with Gasteiger partial charge in [0.15, 0.2) is 0 Å². The Morgan fingerprint density at radius 1 is 1.39 bits per heavy atom. The molecule has 18 heavy (non-hydrogen) atoms. The lowest BCUT2D eigenvalue weighted by molar-refractivity contribution is 0.176. The van der Waals surface area contributed by atoms with Crippen LogP contribution in [0.5, 0.6) is 0 Å². The molecule has 0 bridgehead atoms. The normalized spacial score (nSPS) is 21.2. The molecule has 2 nitrogen and oxygen atoms in total. The second-order valence-corrected chi connectivity index (χ2v) is 5.42. The van der Waals surface area contributed by atoms with Crippen LogP contribution in [-0.2, 0) is 4.74 Å². The van der Waals surface area contributed by atoms with Gasteiger partial charge in [0.05, 0.1) is 6.61 Å². The van der Waals surface area contributed by atoms with E-state index in [1.807, 2.05) is 0 Å². The maximum absolute atomic E-state index is 5.56. The summed E-state index contributed by atoms with van der Waals surface area (Å²) < 4.78 is 5.56. The molecule has 1 heterocycles. The number of ether oxygens (including phenoxy) is 1. The molecule has 1 aromatic rings. The minimum Gasteiger partial charge on any atom is -0.381 e. The first-order chi connectivity index (χ1) is 8.72. The van der Waals surface area contributed by atoms with Gasteiger partial charge in [-0.2, -0.15) is 0 Å². The molecule has 1 aromatic carbocycles. The molecule has 2 rings (SSSR count). The van der Waals surface area contributed by atoms with Gasteiger partial charge in [0.1, 0.15) is 0 Å². The molecule has 2 unspecified atom stereocenters. The largest absolute Gasteiger partial charge is 0.381 e. The summed E-state index contributed by atoms with van der Waals surface area (Å²) in [5, 5.41) is 3.71. The van der Waals surface area contributed by atoms with Gasteiger partial charge >= 0.3 is 0 Å². The molecular weight excluding hydrogens is 222 g/mol. The fourth-order valence-corrected chi connectivity index (χ4v) is 2.82. The van der Waals surface area contributed by atoms with Crippen molar-refractivity contribution < 1.29 is 4.74 Å². The monoisotopic (exact) mass is 247 g/mol. The molecule has 0 aromatic heterocycles. The molecule has 0 saturated carbocycles. The summed E-state index contributed by atoms with van der Waals surface area (Å²) in [6.45, 7) is 9.49. The van der Waals surface area contributed by atoms with E-state index in [-0.39, 0.29) is 0 Å². The quantitative estimate of drug-likeness (QED) is 0.861. The summed E-state index contributed by atoms with van der Waals surface area (Å²) >= 11 is 0. The third-order valence-corrected chi connectivity index (χ3v) is 3.81. The van der Waals surface area contributed by atoms with Crippen molar-refractivity contribution in [3.8, 4) is 0 Å². The summed E-state index contributed by atoms with van der Waals surface area (Å²) in [6.07, 6.45) is 2.35. The minimum absolute atomic E-state index is 0.452. The van der Waals surface area contributed by atoms with Crippen LogP contribution < -0.4 is 5.32 Å². The van der Waals surface area contributed by atoms with Gasteiger partial charge < -0.3 is 10.1 Å². The highest BCUT2D eigenvalue weighted by atomic mass is 16.5. The zero-order valence-electron chi connectivity index (χ0n) is 11.8. The Bertz CT molecular complexity index is 383. The van der Waals surface area contributed by atoms with Crippen LogP contribution in [0.1, 0.15) is 42.5 Å². The second kappa shape index (κ2) is 6.35. The second-order valence-electron chi connectivity index (χ2n) is 5.42. The molecular formula is C16H25NO. The molecule has 0 aliphatic carbocycles. The predicted molar refractivity (Wildman–Crippen MR) is 75.9 cm³/mol. The van der Waals surface area contributed by atoms with Gasteiger partial charge in [-0.3, -0.25) is 0 Å². The zero-order valence-corrected chi connectivity index (χ0v) is 11.8. The van der Waals surface area contributed by atoms with Crippen LogP contribution in [0.25, 0.3) is 0 Å². The van der Waals surface area contributed by atoms with E-state index in [4.69, 9.17) is 4.74 Å². The number of rotatable bonds is 5. The van der Waals surface area contributed by atoms with E-state index in [2.05, 4.69) is 44.3 Å². The van der Waals surface area contributed by atoms with Crippen LogP contribution in [0.15, 0.2) is 18.2 Å². The summed E-state index contributed by atoms with van der Waals surface area (Å²) in [5.74, 6) is 0.623. The Morgan fingerprint density at radius 2 is 2.22 bits per heavy atom. The highest BCUT2D eigenvalue weighted by Gasteiger charge is 2.27. The minimum atomic E-state index is 0.452. The number of nitrogens with one attached hydrogen (secondary N) is 1. The van der Waals surface area contributed by atoms with Crippen molar-refractivity contribution in [1.29, 1.82) is 0 Å². The SMILES string of the molecule is CCCNC(c1ccc(C)cc1C)C1CCOC1. The van der Waals surface area contributed by atoms with Crippen LogP contribution in [0.2, 0.25) is 0 Å². The molecule has 1 aliphatic rings. The zero-order chi connectivity index (χ0) is 13.0. The van der Waals surface area contributed by atoms with Crippen molar-refractivity contribution in [2.24, 2.45) is 5.92 Å². The van der Waals surface area contributed by atoms with Crippen LogP contribution in [0.3, 0.4) is 0 Å². The van der Waals surface area contributed by atoms with Crippen LogP contribution in [0, 0.1) is 19.8 Å². The standard InChI is InChI=1S/C16H25NO/c1-4-8-17-16(14-7-9-18-11-14)15-6-5-12(2)10-13(15)3/h5-6,10,14,16-17H,4,7-9,11H2,1-3H3. The van der Waals surface area contributed by atoms with E-state index in [0.29, 0.717) is 12.0 Å². The van der Waals surface area contributed by atoms with Gasteiger partial charge in [-0.1, -0.05) is 30.7 Å². The molecule has 2 atom stereocenters. The average molecular weight is 247 g/mol. The third-order valence-electron chi connectivity index (χ3n) is 3.81. The smallest absolute Gasteiger partial charge is 0.0513 e. The molecule has 0 radical (unpaired) electrons. The van der Waals surface area contributed by atoms with E-state index < -0.39 is 0 Å².